The molecular weight excluding hydrogens is 245 g/mol. The van der Waals surface area contributed by atoms with Crippen LogP contribution >= 0.6 is 11.8 Å². The van der Waals surface area contributed by atoms with Gasteiger partial charge in [-0.05, 0) is 18.1 Å². The summed E-state index contributed by atoms with van der Waals surface area (Å²) in [6, 6.07) is 2.54. The van der Waals surface area contributed by atoms with Crippen LogP contribution in [0.2, 0.25) is 0 Å². The molecule has 0 amide bonds. The topological polar surface area (TPSA) is 83.5 Å². The highest BCUT2D eigenvalue weighted by molar-refractivity contribution is 7.99. The van der Waals surface area contributed by atoms with E-state index in [9.17, 15) is 9.18 Å². The summed E-state index contributed by atoms with van der Waals surface area (Å²) in [6.07, 6.45) is 0. The first-order valence-electron chi connectivity index (χ1n) is 5.02. The number of hydrogen-bond acceptors (Lipinski definition) is 4. The second-order valence-corrected chi connectivity index (χ2v) is 4.80. The van der Waals surface area contributed by atoms with E-state index in [0.29, 0.717) is 10.6 Å². The molecule has 17 heavy (non-hydrogen) atoms. The van der Waals surface area contributed by atoms with Crippen LogP contribution in [0.25, 0.3) is 0 Å². The van der Waals surface area contributed by atoms with Crippen molar-refractivity contribution in [2.75, 3.05) is 18.1 Å². The Labute approximate surface area is 103 Å². The quantitative estimate of drug-likeness (QED) is 0.555. The zero-order chi connectivity index (χ0) is 13.0. The molecule has 1 aromatic rings. The highest BCUT2D eigenvalue weighted by atomic mass is 32.2. The van der Waals surface area contributed by atoms with Gasteiger partial charge in [0.2, 0.25) is 0 Å². The van der Waals surface area contributed by atoms with Gasteiger partial charge in [0.15, 0.2) is 0 Å². The molecule has 0 heterocycles. The van der Waals surface area contributed by atoms with Gasteiger partial charge in [-0.3, -0.25) is 0 Å². The highest BCUT2D eigenvalue weighted by Crippen LogP contribution is 2.30. The molecule has 0 bridgehead atoms. The van der Waals surface area contributed by atoms with E-state index in [4.69, 9.17) is 15.9 Å². The van der Waals surface area contributed by atoms with Gasteiger partial charge in [-0.15, -0.1) is 11.8 Å². The lowest BCUT2D eigenvalue weighted by molar-refractivity contribution is 0.0694. The van der Waals surface area contributed by atoms with Gasteiger partial charge in [-0.2, -0.15) is 0 Å². The van der Waals surface area contributed by atoms with Crippen molar-refractivity contribution >= 4 is 23.4 Å². The Morgan fingerprint density at radius 2 is 2.24 bits per heavy atom. The number of carboxylic acids is 1. The average molecular weight is 259 g/mol. The molecule has 1 atom stereocenters. The molecule has 0 aliphatic heterocycles. The number of benzene rings is 1. The molecule has 6 heteroatoms. The molecule has 0 saturated carbocycles. The lowest BCUT2D eigenvalue weighted by Gasteiger charge is -2.11. The first kappa shape index (κ1) is 13.8. The minimum atomic E-state index is -1.25. The number of aliphatic hydroxyl groups excluding tert-OH is 1. The number of nitrogens with two attached hydrogens (primary N) is 1. The number of carbonyl (C=O) groups is 1. The van der Waals surface area contributed by atoms with E-state index in [1.807, 2.05) is 6.92 Å². The van der Waals surface area contributed by atoms with E-state index in [0.717, 1.165) is 6.07 Å². The number of aliphatic hydroxyl groups is 1. The maximum absolute atomic E-state index is 13.1. The Bertz CT molecular complexity index is 425. The van der Waals surface area contributed by atoms with E-state index in [-0.39, 0.29) is 23.8 Å². The van der Waals surface area contributed by atoms with Crippen LogP contribution in [0.4, 0.5) is 10.1 Å². The summed E-state index contributed by atoms with van der Waals surface area (Å²) in [6.45, 7) is 1.85. The van der Waals surface area contributed by atoms with E-state index < -0.39 is 11.8 Å². The van der Waals surface area contributed by atoms with Crippen LogP contribution in [0.3, 0.4) is 0 Å². The van der Waals surface area contributed by atoms with Crippen molar-refractivity contribution < 1.29 is 19.4 Å². The largest absolute Gasteiger partial charge is 0.478 e. The molecule has 0 spiro atoms. The van der Waals surface area contributed by atoms with Crippen LogP contribution in [-0.4, -0.2) is 28.5 Å². The zero-order valence-electron chi connectivity index (χ0n) is 9.31. The van der Waals surface area contributed by atoms with Crippen LogP contribution in [0.15, 0.2) is 17.0 Å². The monoisotopic (exact) mass is 259 g/mol. The summed E-state index contributed by atoms with van der Waals surface area (Å²) in [4.78, 5) is 11.4. The normalized spacial score (nSPS) is 12.4. The number of carboxylic acid groups (broad SMARTS) is 1. The molecule has 0 aliphatic rings. The minimum absolute atomic E-state index is 0.0199. The minimum Gasteiger partial charge on any atom is -0.478 e. The lowest BCUT2D eigenvalue weighted by Crippen LogP contribution is -2.08. The number of nitrogen functional groups attached to an aromatic ring is 1. The van der Waals surface area contributed by atoms with Crippen molar-refractivity contribution in [1.82, 2.24) is 0 Å². The van der Waals surface area contributed by atoms with Crippen LogP contribution < -0.4 is 5.73 Å². The number of halogens is 1. The van der Waals surface area contributed by atoms with Crippen molar-refractivity contribution in [1.29, 1.82) is 0 Å². The molecule has 94 valence electrons. The number of anilines is 1. The Balaban J connectivity index is 2.99. The molecule has 0 radical (unpaired) electrons. The number of rotatable bonds is 5. The van der Waals surface area contributed by atoms with Gasteiger partial charge in [0.1, 0.15) is 5.82 Å². The van der Waals surface area contributed by atoms with Gasteiger partial charge < -0.3 is 15.9 Å². The number of aromatic carboxylic acids is 1. The van der Waals surface area contributed by atoms with Crippen molar-refractivity contribution in [3.05, 3.63) is 23.5 Å². The molecule has 0 aromatic heterocycles. The van der Waals surface area contributed by atoms with E-state index in [2.05, 4.69) is 0 Å². The highest BCUT2D eigenvalue weighted by Gasteiger charge is 2.18. The van der Waals surface area contributed by atoms with Crippen LogP contribution in [0.1, 0.15) is 17.3 Å². The predicted octanol–water partition coefficient (Wildman–Crippen LogP) is 1.83. The third-order valence-corrected chi connectivity index (χ3v) is 3.59. The Kier molecular flexibility index (Phi) is 4.77. The summed E-state index contributed by atoms with van der Waals surface area (Å²) in [5.74, 6) is -1.40. The first-order chi connectivity index (χ1) is 7.97. The molecule has 4 N–H and O–H groups in total. The van der Waals surface area contributed by atoms with Gasteiger partial charge in [0.25, 0.3) is 0 Å². The molecular formula is C11H14FNO3S. The summed E-state index contributed by atoms with van der Waals surface area (Å²) in [5, 5.41) is 17.9. The molecule has 4 nitrogen and oxygen atoms in total. The summed E-state index contributed by atoms with van der Waals surface area (Å²) in [5.41, 5.74) is 4.85. The molecule has 1 unspecified atom stereocenters. The lowest BCUT2D eigenvalue weighted by atomic mass is 10.2. The summed E-state index contributed by atoms with van der Waals surface area (Å²) >= 11 is 1.24. The molecule has 0 saturated heterocycles. The Morgan fingerprint density at radius 3 is 2.76 bits per heavy atom. The standard InChI is InChI=1S/C11H14FNO3S/c1-6(4-14)5-17-8-3-2-7(12)10(13)9(8)11(15)16/h2-3,6,14H,4-5,13H2,1H3,(H,15,16). The van der Waals surface area contributed by atoms with Crippen molar-refractivity contribution in [3.8, 4) is 0 Å². The Hall–Kier alpha value is -1.27. The predicted molar refractivity (Wildman–Crippen MR) is 64.7 cm³/mol. The van der Waals surface area contributed by atoms with Gasteiger partial charge in [-0.25, -0.2) is 9.18 Å². The summed E-state index contributed by atoms with van der Waals surface area (Å²) < 4.78 is 13.1. The number of hydrogen-bond donors (Lipinski definition) is 3. The smallest absolute Gasteiger partial charge is 0.339 e. The van der Waals surface area contributed by atoms with Gasteiger partial charge >= 0.3 is 5.97 Å². The van der Waals surface area contributed by atoms with Crippen molar-refractivity contribution in [2.24, 2.45) is 5.92 Å². The zero-order valence-corrected chi connectivity index (χ0v) is 10.1. The number of thioether (sulfide) groups is 1. The fraction of sp³-hybridized carbons (Fsp3) is 0.364. The second-order valence-electron chi connectivity index (χ2n) is 3.74. The first-order valence-corrected chi connectivity index (χ1v) is 6.00. The molecule has 0 aliphatic carbocycles. The maximum Gasteiger partial charge on any atom is 0.339 e. The van der Waals surface area contributed by atoms with E-state index in [1.54, 1.807) is 0 Å². The van der Waals surface area contributed by atoms with E-state index in [1.165, 1.54) is 17.8 Å². The van der Waals surface area contributed by atoms with Gasteiger partial charge in [0, 0.05) is 17.3 Å². The molecule has 1 rings (SSSR count). The fourth-order valence-corrected chi connectivity index (χ4v) is 2.28. The summed E-state index contributed by atoms with van der Waals surface area (Å²) in [7, 11) is 0. The van der Waals surface area contributed by atoms with Crippen LogP contribution in [-0.2, 0) is 0 Å². The average Bonchev–Trinajstić information content (AvgIpc) is 2.29. The Morgan fingerprint density at radius 1 is 1.59 bits per heavy atom. The van der Waals surface area contributed by atoms with Gasteiger partial charge in [0.05, 0.1) is 11.3 Å². The van der Waals surface area contributed by atoms with Crippen molar-refractivity contribution in [2.45, 2.75) is 11.8 Å². The van der Waals surface area contributed by atoms with Crippen LogP contribution in [0, 0.1) is 11.7 Å². The van der Waals surface area contributed by atoms with Crippen LogP contribution in [0.5, 0.6) is 0 Å². The molecule has 0 fully saturated rings. The third-order valence-electron chi connectivity index (χ3n) is 2.20. The van der Waals surface area contributed by atoms with Gasteiger partial charge in [-0.1, -0.05) is 6.92 Å². The van der Waals surface area contributed by atoms with E-state index >= 15 is 0 Å². The SMILES string of the molecule is CC(CO)CSc1ccc(F)c(N)c1C(=O)O. The fourth-order valence-electron chi connectivity index (χ4n) is 1.20. The maximum atomic E-state index is 13.1. The third kappa shape index (κ3) is 3.34. The molecule has 1 aromatic carbocycles. The van der Waals surface area contributed by atoms with Crippen molar-refractivity contribution in [3.63, 3.8) is 0 Å². The second kappa shape index (κ2) is 5.88.